The van der Waals surface area contributed by atoms with Crippen LogP contribution in [-0.4, -0.2) is 47.7 Å². The molecule has 3 aromatic rings. The molecular weight excluding hydrogens is 348 g/mol. The third kappa shape index (κ3) is 2.78. The van der Waals surface area contributed by atoms with Crippen molar-refractivity contribution >= 4 is 16.9 Å². The summed E-state index contributed by atoms with van der Waals surface area (Å²) in [6, 6.07) is 9.04. The fraction of sp³-hybridized carbons (Fsp3) is 0.368. The zero-order chi connectivity index (χ0) is 19.3. The molecule has 0 amide bonds. The van der Waals surface area contributed by atoms with Crippen LogP contribution < -0.4 is 5.73 Å². The van der Waals surface area contributed by atoms with Crippen molar-refractivity contribution in [2.45, 2.75) is 44.0 Å². The standard InChI is InChI=1S/C19H22N4O4/c1-10-4-3-5-11(8-10)13(24)15-19(2,26)14(25)18(27-15)23-7-6-12-16(20)21-9-22-17(12)23/h3-9,13-15,18,24-26H,1-2H3,(H2,20,21,22)/t13-,14+,15-,18-,19+/m1/s1. The first-order chi connectivity index (χ1) is 12.8. The van der Waals surface area contributed by atoms with E-state index in [-0.39, 0.29) is 0 Å². The van der Waals surface area contributed by atoms with Crippen LogP contribution in [0.5, 0.6) is 0 Å². The van der Waals surface area contributed by atoms with E-state index in [1.165, 1.54) is 13.3 Å². The lowest BCUT2D eigenvalue weighted by atomic mass is 9.88. The average molecular weight is 370 g/mol. The number of aliphatic hydroxyl groups is 3. The van der Waals surface area contributed by atoms with E-state index in [9.17, 15) is 15.3 Å². The molecule has 8 heteroatoms. The highest BCUT2D eigenvalue weighted by atomic mass is 16.6. The van der Waals surface area contributed by atoms with Gasteiger partial charge in [0.05, 0.1) is 5.39 Å². The Labute approximate surface area is 155 Å². The predicted molar refractivity (Wildman–Crippen MR) is 98.6 cm³/mol. The summed E-state index contributed by atoms with van der Waals surface area (Å²) in [4.78, 5) is 8.15. The predicted octanol–water partition coefficient (Wildman–Crippen LogP) is 1.06. The van der Waals surface area contributed by atoms with E-state index in [4.69, 9.17) is 10.5 Å². The molecule has 5 N–H and O–H groups in total. The summed E-state index contributed by atoms with van der Waals surface area (Å²) >= 11 is 0. The summed E-state index contributed by atoms with van der Waals surface area (Å²) < 4.78 is 7.54. The lowest BCUT2D eigenvalue weighted by Crippen LogP contribution is -2.47. The largest absolute Gasteiger partial charge is 0.386 e. The molecule has 142 valence electrons. The number of nitrogens with zero attached hydrogens (tertiary/aromatic N) is 3. The third-order valence-corrected chi connectivity index (χ3v) is 5.22. The number of fused-ring (bicyclic) bond motifs is 1. The number of anilines is 1. The zero-order valence-electron chi connectivity index (χ0n) is 15.0. The van der Waals surface area contributed by atoms with Crippen molar-refractivity contribution in [1.29, 1.82) is 0 Å². The minimum absolute atomic E-state index is 0.314. The Bertz CT molecular complexity index is 987. The Kier molecular flexibility index (Phi) is 4.15. The van der Waals surface area contributed by atoms with Crippen molar-refractivity contribution in [3.8, 4) is 0 Å². The number of nitrogen functional groups attached to an aromatic ring is 1. The molecule has 27 heavy (non-hydrogen) atoms. The summed E-state index contributed by atoms with van der Waals surface area (Å²) in [5, 5.41) is 33.1. The van der Waals surface area contributed by atoms with E-state index in [1.54, 1.807) is 22.9 Å². The van der Waals surface area contributed by atoms with Crippen molar-refractivity contribution < 1.29 is 20.1 Å². The molecule has 3 heterocycles. The maximum Gasteiger partial charge on any atom is 0.164 e. The smallest absolute Gasteiger partial charge is 0.164 e. The van der Waals surface area contributed by atoms with Crippen molar-refractivity contribution in [3.63, 3.8) is 0 Å². The molecule has 5 atom stereocenters. The second-order valence-corrected chi connectivity index (χ2v) is 7.20. The van der Waals surface area contributed by atoms with Gasteiger partial charge < -0.3 is 30.4 Å². The molecule has 0 bridgehead atoms. The van der Waals surface area contributed by atoms with E-state index >= 15 is 0 Å². The highest BCUT2D eigenvalue weighted by molar-refractivity contribution is 5.86. The van der Waals surface area contributed by atoms with Crippen LogP contribution in [0.25, 0.3) is 11.0 Å². The van der Waals surface area contributed by atoms with E-state index in [0.717, 1.165) is 5.56 Å². The Morgan fingerprint density at radius 1 is 1.30 bits per heavy atom. The third-order valence-electron chi connectivity index (χ3n) is 5.22. The number of benzene rings is 1. The number of hydrogen-bond acceptors (Lipinski definition) is 7. The van der Waals surface area contributed by atoms with Gasteiger partial charge in [0, 0.05) is 6.20 Å². The SMILES string of the molecule is Cc1cccc([C@@H](O)[C@H]2O[C@@H](n3ccc4c(N)ncnc43)[C@H](O)[C@]2(C)O)c1. The minimum atomic E-state index is -1.68. The fourth-order valence-electron chi connectivity index (χ4n) is 3.66. The van der Waals surface area contributed by atoms with Crippen molar-refractivity contribution in [1.82, 2.24) is 14.5 Å². The monoisotopic (exact) mass is 370 g/mol. The molecule has 0 unspecified atom stereocenters. The summed E-state index contributed by atoms with van der Waals surface area (Å²) in [7, 11) is 0. The number of rotatable bonds is 3. The molecule has 1 fully saturated rings. The molecule has 0 aliphatic carbocycles. The summed E-state index contributed by atoms with van der Waals surface area (Å²) in [6.45, 7) is 3.37. The molecule has 0 radical (unpaired) electrons. The number of ether oxygens (including phenoxy) is 1. The van der Waals surface area contributed by atoms with Gasteiger partial charge in [-0.25, -0.2) is 9.97 Å². The lowest BCUT2D eigenvalue weighted by Gasteiger charge is -2.29. The Hall–Kier alpha value is -2.52. The zero-order valence-corrected chi connectivity index (χ0v) is 15.0. The molecule has 2 aromatic heterocycles. The summed E-state index contributed by atoms with van der Waals surface area (Å²) in [6.07, 6.45) is -1.37. The van der Waals surface area contributed by atoms with E-state index < -0.39 is 30.1 Å². The van der Waals surface area contributed by atoms with E-state index in [0.29, 0.717) is 22.4 Å². The van der Waals surface area contributed by atoms with Crippen LogP contribution in [0.1, 0.15) is 30.4 Å². The molecule has 1 saturated heterocycles. The Morgan fingerprint density at radius 3 is 2.81 bits per heavy atom. The van der Waals surface area contributed by atoms with Crippen LogP contribution in [0.3, 0.4) is 0 Å². The van der Waals surface area contributed by atoms with Crippen molar-refractivity contribution in [2.75, 3.05) is 5.73 Å². The van der Waals surface area contributed by atoms with Crippen LogP contribution in [0.15, 0.2) is 42.9 Å². The molecule has 0 spiro atoms. The first-order valence-corrected chi connectivity index (χ1v) is 8.68. The van der Waals surface area contributed by atoms with Gasteiger partial charge in [0.15, 0.2) is 6.23 Å². The normalized spacial score (nSPS) is 29.3. The van der Waals surface area contributed by atoms with Gasteiger partial charge in [0.2, 0.25) is 0 Å². The molecule has 1 aromatic carbocycles. The van der Waals surface area contributed by atoms with E-state index in [1.807, 2.05) is 25.1 Å². The van der Waals surface area contributed by atoms with Gasteiger partial charge in [0.25, 0.3) is 0 Å². The second kappa shape index (κ2) is 6.28. The van der Waals surface area contributed by atoms with Gasteiger partial charge in [-0.15, -0.1) is 0 Å². The lowest BCUT2D eigenvalue weighted by molar-refractivity contribution is -0.115. The second-order valence-electron chi connectivity index (χ2n) is 7.20. The van der Waals surface area contributed by atoms with E-state index in [2.05, 4.69) is 9.97 Å². The number of aliphatic hydroxyl groups excluding tert-OH is 2. The first kappa shape index (κ1) is 17.9. The molecule has 0 saturated carbocycles. The van der Waals surface area contributed by atoms with Gasteiger partial charge in [-0.1, -0.05) is 29.8 Å². The first-order valence-electron chi connectivity index (χ1n) is 8.68. The van der Waals surface area contributed by atoms with Gasteiger partial charge in [-0.3, -0.25) is 0 Å². The van der Waals surface area contributed by atoms with Gasteiger partial charge in [-0.2, -0.15) is 0 Å². The average Bonchev–Trinajstić information content (AvgIpc) is 3.15. The Morgan fingerprint density at radius 2 is 2.07 bits per heavy atom. The molecule has 1 aliphatic heterocycles. The van der Waals surface area contributed by atoms with Gasteiger partial charge in [0.1, 0.15) is 41.7 Å². The van der Waals surface area contributed by atoms with Crippen LogP contribution in [-0.2, 0) is 4.74 Å². The molecular formula is C19H22N4O4. The Balaban J connectivity index is 1.71. The molecule has 4 rings (SSSR count). The van der Waals surface area contributed by atoms with Crippen LogP contribution in [0, 0.1) is 6.92 Å². The minimum Gasteiger partial charge on any atom is -0.386 e. The number of aryl methyl sites for hydroxylation is 1. The van der Waals surface area contributed by atoms with Gasteiger partial charge >= 0.3 is 0 Å². The highest BCUT2D eigenvalue weighted by Crippen LogP contribution is 2.43. The summed E-state index contributed by atoms with van der Waals surface area (Å²) in [5.41, 5.74) is 6.25. The summed E-state index contributed by atoms with van der Waals surface area (Å²) in [5.74, 6) is 0.314. The maximum atomic E-state index is 10.9. The number of hydrogen-bond donors (Lipinski definition) is 4. The van der Waals surface area contributed by atoms with Crippen molar-refractivity contribution in [3.05, 3.63) is 54.0 Å². The topological polar surface area (TPSA) is 127 Å². The number of nitrogens with two attached hydrogens (primary N) is 1. The fourth-order valence-corrected chi connectivity index (χ4v) is 3.66. The van der Waals surface area contributed by atoms with Crippen LogP contribution in [0.2, 0.25) is 0 Å². The molecule has 8 nitrogen and oxygen atoms in total. The van der Waals surface area contributed by atoms with Gasteiger partial charge in [-0.05, 0) is 25.5 Å². The molecule has 1 aliphatic rings. The quantitative estimate of drug-likeness (QED) is 0.543. The van der Waals surface area contributed by atoms with Crippen LogP contribution >= 0.6 is 0 Å². The van der Waals surface area contributed by atoms with Crippen molar-refractivity contribution in [2.24, 2.45) is 0 Å². The highest BCUT2D eigenvalue weighted by Gasteiger charge is 2.55. The maximum absolute atomic E-state index is 10.9. The van der Waals surface area contributed by atoms with Crippen LogP contribution in [0.4, 0.5) is 5.82 Å². The number of aromatic nitrogens is 3.